The van der Waals surface area contributed by atoms with Crippen LogP contribution in [0.3, 0.4) is 0 Å². The molecule has 0 aliphatic heterocycles. The monoisotopic (exact) mass is 352 g/mol. The van der Waals surface area contributed by atoms with Gasteiger partial charge in [0, 0.05) is 31.6 Å². The summed E-state index contributed by atoms with van der Waals surface area (Å²) in [4.78, 5) is 25.0. The van der Waals surface area contributed by atoms with Crippen LogP contribution >= 0.6 is 0 Å². The molecular formula is C19H20N4O3. The summed E-state index contributed by atoms with van der Waals surface area (Å²) in [6, 6.07) is 12.9. The number of furan rings is 1. The standard InChI is InChI=1S/C19H20N4O3/c24-17(18-7-4-12-26-18)13-16(8-10-23-11-9-21-22-23)19(25)20-14-15-5-2-1-3-6-15/h1-7,9,11-12,16H,8,10,13-14H2,(H,20,25)/t16-/m1/s1. The normalized spacial score (nSPS) is 11.8. The quantitative estimate of drug-likeness (QED) is 0.598. The van der Waals surface area contributed by atoms with Crippen LogP contribution in [0.15, 0.2) is 65.5 Å². The maximum Gasteiger partial charge on any atom is 0.223 e. The van der Waals surface area contributed by atoms with E-state index < -0.39 is 5.92 Å². The van der Waals surface area contributed by atoms with Crippen LogP contribution in [-0.4, -0.2) is 26.7 Å². The van der Waals surface area contributed by atoms with Crippen molar-refractivity contribution >= 4 is 11.7 Å². The van der Waals surface area contributed by atoms with Gasteiger partial charge in [-0.25, -0.2) is 0 Å². The van der Waals surface area contributed by atoms with Crippen LogP contribution < -0.4 is 5.32 Å². The molecule has 2 heterocycles. The van der Waals surface area contributed by atoms with Gasteiger partial charge >= 0.3 is 0 Å². The van der Waals surface area contributed by atoms with Crippen LogP contribution in [-0.2, 0) is 17.9 Å². The van der Waals surface area contributed by atoms with Crippen molar-refractivity contribution in [3.8, 4) is 0 Å². The highest BCUT2D eigenvalue weighted by molar-refractivity contribution is 5.96. The SMILES string of the molecule is O=C(C[C@@H](CCn1ccnn1)C(=O)NCc1ccccc1)c1ccco1. The first-order valence-corrected chi connectivity index (χ1v) is 8.45. The molecule has 26 heavy (non-hydrogen) atoms. The number of nitrogens with zero attached hydrogens (tertiary/aromatic N) is 3. The highest BCUT2D eigenvalue weighted by Crippen LogP contribution is 2.16. The van der Waals surface area contributed by atoms with Crippen LogP contribution in [0.4, 0.5) is 0 Å². The third-order valence-corrected chi connectivity index (χ3v) is 4.09. The fraction of sp³-hybridized carbons (Fsp3) is 0.263. The van der Waals surface area contributed by atoms with Gasteiger partial charge in [0.2, 0.25) is 5.91 Å². The van der Waals surface area contributed by atoms with E-state index in [2.05, 4.69) is 15.6 Å². The Kier molecular flexibility index (Phi) is 5.92. The van der Waals surface area contributed by atoms with Crippen molar-refractivity contribution in [3.63, 3.8) is 0 Å². The molecule has 3 rings (SSSR count). The van der Waals surface area contributed by atoms with E-state index in [9.17, 15) is 9.59 Å². The van der Waals surface area contributed by atoms with Gasteiger partial charge in [-0.15, -0.1) is 5.10 Å². The molecule has 0 spiro atoms. The summed E-state index contributed by atoms with van der Waals surface area (Å²) in [7, 11) is 0. The number of hydrogen-bond acceptors (Lipinski definition) is 5. The molecule has 0 fully saturated rings. The van der Waals surface area contributed by atoms with Gasteiger partial charge in [0.05, 0.1) is 12.5 Å². The van der Waals surface area contributed by atoms with E-state index in [1.807, 2.05) is 30.3 Å². The number of Topliss-reactive ketones (excluding diaryl/α,β-unsaturated/α-hetero) is 1. The second-order valence-corrected chi connectivity index (χ2v) is 5.96. The van der Waals surface area contributed by atoms with Crippen molar-refractivity contribution in [1.82, 2.24) is 20.3 Å². The Labute approximate surface area is 151 Å². The molecular weight excluding hydrogens is 332 g/mol. The summed E-state index contributed by atoms with van der Waals surface area (Å²) in [5, 5.41) is 10.6. The molecule has 0 radical (unpaired) electrons. The summed E-state index contributed by atoms with van der Waals surface area (Å²) < 4.78 is 6.79. The molecule has 134 valence electrons. The molecule has 1 atom stereocenters. The predicted molar refractivity (Wildman–Crippen MR) is 94.1 cm³/mol. The summed E-state index contributed by atoms with van der Waals surface area (Å²) in [5.41, 5.74) is 1.01. The van der Waals surface area contributed by atoms with Crippen molar-refractivity contribution in [1.29, 1.82) is 0 Å². The van der Waals surface area contributed by atoms with E-state index in [0.29, 0.717) is 19.5 Å². The van der Waals surface area contributed by atoms with Gasteiger partial charge in [-0.3, -0.25) is 14.3 Å². The van der Waals surface area contributed by atoms with Crippen molar-refractivity contribution in [2.24, 2.45) is 5.92 Å². The zero-order valence-electron chi connectivity index (χ0n) is 14.2. The first kappa shape index (κ1) is 17.6. The van der Waals surface area contributed by atoms with Crippen molar-refractivity contribution in [2.75, 3.05) is 0 Å². The average Bonchev–Trinajstić information content (AvgIpc) is 3.37. The average molecular weight is 352 g/mol. The van der Waals surface area contributed by atoms with Gasteiger partial charge in [0.1, 0.15) is 0 Å². The topological polar surface area (TPSA) is 90.0 Å². The Morgan fingerprint density at radius 2 is 2.00 bits per heavy atom. The predicted octanol–water partition coefficient (Wildman–Crippen LogP) is 2.47. The minimum atomic E-state index is -0.472. The zero-order valence-corrected chi connectivity index (χ0v) is 14.2. The number of hydrogen-bond donors (Lipinski definition) is 1. The lowest BCUT2D eigenvalue weighted by molar-refractivity contribution is -0.125. The molecule has 0 saturated heterocycles. The van der Waals surface area contributed by atoms with Gasteiger partial charge in [0.15, 0.2) is 11.5 Å². The molecule has 3 aromatic rings. The maximum atomic E-state index is 12.6. The number of rotatable bonds is 9. The molecule has 1 amide bonds. The third-order valence-electron chi connectivity index (χ3n) is 4.09. The van der Waals surface area contributed by atoms with Crippen LogP contribution in [0, 0.1) is 5.92 Å². The van der Waals surface area contributed by atoms with E-state index in [0.717, 1.165) is 5.56 Å². The minimum Gasteiger partial charge on any atom is -0.461 e. The lowest BCUT2D eigenvalue weighted by Gasteiger charge is -2.16. The smallest absolute Gasteiger partial charge is 0.223 e. The largest absolute Gasteiger partial charge is 0.461 e. The second kappa shape index (κ2) is 8.75. The zero-order chi connectivity index (χ0) is 18.2. The third kappa shape index (κ3) is 4.89. The van der Waals surface area contributed by atoms with E-state index in [1.165, 1.54) is 6.26 Å². The molecule has 2 aromatic heterocycles. The summed E-state index contributed by atoms with van der Waals surface area (Å²) in [6.07, 6.45) is 5.33. The number of benzene rings is 1. The Morgan fingerprint density at radius 1 is 1.15 bits per heavy atom. The minimum absolute atomic E-state index is 0.0861. The van der Waals surface area contributed by atoms with Crippen LogP contribution in [0.25, 0.3) is 0 Å². The first-order valence-electron chi connectivity index (χ1n) is 8.45. The molecule has 0 aliphatic carbocycles. The van der Waals surface area contributed by atoms with Crippen molar-refractivity contribution < 1.29 is 14.0 Å². The fourth-order valence-corrected chi connectivity index (χ4v) is 2.66. The molecule has 7 nitrogen and oxygen atoms in total. The van der Waals surface area contributed by atoms with E-state index in [4.69, 9.17) is 4.42 Å². The van der Waals surface area contributed by atoms with Gasteiger partial charge in [-0.2, -0.15) is 0 Å². The number of amides is 1. The Morgan fingerprint density at radius 3 is 2.69 bits per heavy atom. The first-order chi connectivity index (χ1) is 12.7. The number of carbonyl (C=O) groups is 2. The highest BCUT2D eigenvalue weighted by atomic mass is 16.3. The summed E-state index contributed by atoms with van der Waals surface area (Å²) in [5.74, 6) is -0.547. The van der Waals surface area contributed by atoms with Gasteiger partial charge < -0.3 is 9.73 Å². The molecule has 1 aromatic carbocycles. The van der Waals surface area contributed by atoms with E-state index in [1.54, 1.807) is 29.2 Å². The molecule has 0 aliphatic rings. The van der Waals surface area contributed by atoms with Crippen LogP contribution in [0.1, 0.15) is 29.0 Å². The summed E-state index contributed by atoms with van der Waals surface area (Å²) in [6.45, 7) is 0.934. The highest BCUT2D eigenvalue weighted by Gasteiger charge is 2.23. The molecule has 0 bridgehead atoms. The number of aryl methyl sites for hydroxylation is 1. The lowest BCUT2D eigenvalue weighted by Crippen LogP contribution is -2.32. The lowest BCUT2D eigenvalue weighted by atomic mass is 9.96. The van der Waals surface area contributed by atoms with Gasteiger partial charge in [-0.1, -0.05) is 35.5 Å². The van der Waals surface area contributed by atoms with Gasteiger partial charge in [0.25, 0.3) is 0 Å². The molecule has 0 saturated carbocycles. The molecule has 7 heteroatoms. The maximum absolute atomic E-state index is 12.6. The number of aromatic nitrogens is 3. The Bertz CT molecular complexity index is 814. The van der Waals surface area contributed by atoms with Gasteiger partial charge in [-0.05, 0) is 24.1 Å². The van der Waals surface area contributed by atoms with E-state index >= 15 is 0 Å². The molecule has 0 unspecified atom stereocenters. The van der Waals surface area contributed by atoms with E-state index in [-0.39, 0.29) is 23.9 Å². The number of carbonyl (C=O) groups excluding carboxylic acids is 2. The second-order valence-electron chi connectivity index (χ2n) is 5.96. The fourth-order valence-electron chi connectivity index (χ4n) is 2.66. The van der Waals surface area contributed by atoms with Crippen molar-refractivity contribution in [3.05, 3.63) is 72.4 Å². The Balaban J connectivity index is 1.62. The van der Waals surface area contributed by atoms with Crippen LogP contribution in [0.5, 0.6) is 0 Å². The Hall–Kier alpha value is -3.22. The number of ketones is 1. The molecule has 1 N–H and O–H groups in total. The van der Waals surface area contributed by atoms with Crippen molar-refractivity contribution in [2.45, 2.75) is 25.9 Å². The number of nitrogens with one attached hydrogen (secondary N) is 1. The summed E-state index contributed by atoms with van der Waals surface area (Å²) >= 11 is 0. The van der Waals surface area contributed by atoms with Crippen LogP contribution in [0.2, 0.25) is 0 Å².